The van der Waals surface area contributed by atoms with Crippen LogP contribution in [0.25, 0.3) is 10.2 Å². The fourth-order valence-electron chi connectivity index (χ4n) is 3.36. The Hall–Kier alpha value is -2.15. The second-order valence-electron chi connectivity index (χ2n) is 6.37. The van der Waals surface area contributed by atoms with Crippen molar-refractivity contribution in [3.63, 3.8) is 0 Å². The van der Waals surface area contributed by atoms with E-state index in [0.29, 0.717) is 21.5 Å². The van der Waals surface area contributed by atoms with Crippen molar-refractivity contribution in [1.29, 1.82) is 0 Å². The Kier molecular flexibility index (Phi) is 4.80. The lowest BCUT2D eigenvalue weighted by Crippen LogP contribution is -2.41. The van der Waals surface area contributed by atoms with Crippen LogP contribution in [-0.4, -0.2) is 22.0 Å². The third kappa shape index (κ3) is 3.40. The summed E-state index contributed by atoms with van der Waals surface area (Å²) in [4.78, 5) is 30.3. The average Bonchev–Trinajstić information content (AvgIpc) is 3.05. The van der Waals surface area contributed by atoms with Gasteiger partial charge in [0.2, 0.25) is 5.91 Å². The smallest absolute Gasteiger partial charge is 0.304 e. The summed E-state index contributed by atoms with van der Waals surface area (Å²) < 4.78 is 0.777. The fraction of sp³-hybridized carbons (Fsp3) is 0.211. The number of carbonyl (C=O) groups excluding carboxylic acids is 1. The zero-order chi connectivity index (χ0) is 19.1. The van der Waals surface area contributed by atoms with Crippen molar-refractivity contribution in [2.75, 3.05) is 4.90 Å². The quantitative estimate of drug-likeness (QED) is 0.658. The van der Waals surface area contributed by atoms with Crippen LogP contribution in [0.4, 0.5) is 5.69 Å². The molecule has 0 saturated heterocycles. The molecule has 0 bridgehead atoms. The number of hydrogen-bond acceptors (Lipinski definition) is 4. The van der Waals surface area contributed by atoms with E-state index in [1.807, 2.05) is 24.3 Å². The Labute approximate surface area is 169 Å². The van der Waals surface area contributed by atoms with Crippen molar-refractivity contribution < 1.29 is 14.7 Å². The van der Waals surface area contributed by atoms with E-state index < -0.39 is 11.9 Å². The molecule has 1 aliphatic heterocycles. The molecule has 2 aromatic carbocycles. The Bertz CT molecular complexity index is 1070. The molecule has 0 spiro atoms. The molecule has 8 heteroatoms. The molecule has 0 saturated carbocycles. The molecule has 138 valence electrons. The number of carboxylic acids is 1. The standard InChI is InChI=1S/C19H14Cl2N2O3S/c20-12-5-6-13-18(17(12)21)27-15(22-13)9-23-14-4-2-1-3-10(14)7-11(19(23)26)8-16(24)25/h1-6,11H,7-9H2,(H,24,25). The van der Waals surface area contributed by atoms with Gasteiger partial charge in [-0.2, -0.15) is 0 Å². The average molecular weight is 421 g/mol. The van der Waals surface area contributed by atoms with Gasteiger partial charge in [-0.15, -0.1) is 11.3 Å². The minimum absolute atomic E-state index is 0.190. The van der Waals surface area contributed by atoms with E-state index in [1.54, 1.807) is 17.0 Å². The number of fused-ring (bicyclic) bond motifs is 2. The maximum Gasteiger partial charge on any atom is 0.304 e. The van der Waals surface area contributed by atoms with Gasteiger partial charge in [0, 0.05) is 5.69 Å². The van der Waals surface area contributed by atoms with Crippen LogP contribution in [0.15, 0.2) is 36.4 Å². The van der Waals surface area contributed by atoms with Crippen LogP contribution in [0.3, 0.4) is 0 Å². The lowest BCUT2D eigenvalue weighted by Gasteiger charge is -2.33. The summed E-state index contributed by atoms with van der Waals surface area (Å²) in [5.41, 5.74) is 2.49. The zero-order valence-corrected chi connectivity index (χ0v) is 16.3. The van der Waals surface area contributed by atoms with Gasteiger partial charge >= 0.3 is 5.97 Å². The summed E-state index contributed by atoms with van der Waals surface area (Å²) in [6.07, 6.45) is 0.240. The monoisotopic (exact) mass is 420 g/mol. The number of para-hydroxylation sites is 1. The number of thiazole rings is 1. The highest BCUT2D eigenvalue weighted by molar-refractivity contribution is 7.19. The summed E-state index contributed by atoms with van der Waals surface area (Å²) in [7, 11) is 0. The first-order valence-corrected chi connectivity index (χ1v) is 9.86. The van der Waals surface area contributed by atoms with Crippen molar-refractivity contribution in [2.24, 2.45) is 5.92 Å². The van der Waals surface area contributed by atoms with E-state index in [9.17, 15) is 9.59 Å². The maximum atomic E-state index is 13.0. The molecule has 0 aliphatic carbocycles. The number of aromatic nitrogens is 1. The van der Waals surface area contributed by atoms with Crippen molar-refractivity contribution in [3.8, 4) is 0 Å². The van der Waals surface area contributed by atoms with Crippen LogP contribution < -0.4 is 4.90 Å². The van der Waals surface area contributed by atoms with Crippen molar-refractivity contribution in [2.45, 2.75) is 19.4 Å². The number of anilines is 1. The third-order valence-corrected chi connectivity index (χ3v) is 6.56. The highest BCUT2D eigenvalue weighted by Crippen LogP contribution is 2.37. The SMILES string of the molecule is O=C(O)CC1Cc2ccccc2N(Cc2nc3ccc(Cl)c(Cl)c3s2)C1=O. The predicted molar refractivity (Wildman–Crippen MR) is 107 cm³/mol. The number of carbonyl (C=O) groups is 2. The van der Waals surface area contributed by atoms with Gasteiger partial charge in [0.15, 0.2) is 0 Å². The van der Waals surface area contributed by atoms with Crippen molar-refractivity contribution in [1.82, 2.24) is 4.98 Å². The van der Waals surface area contributed by atoms with Crippen LogP contribution in [0.2, 0.25) is 10.0 Å². The summed E-state index contributed by atoms with van der Waals surface area (Å²) in [6.45, 7) is 0.263. The first-order chi connectivity index (χ1) is 12.9. The summed E-state index contributed by atoms with van der Waals surface area (Å²) >= 11 is 13.7. The lowest BCUT2D eigenvalue weighted by molar-refractivity contribution is -0.140. The first kappa shape index (κ1) is 18.2. The first-order valence-electron chi connectivity index (χ1n) is 8.28. The molecule has 1 atom stereocenters. The van der Waals surface area contributed by atoms with Crippen molar-refractivity contribution in [3.05, 3.63) is 57.0 Å². The molecule has 4 rings (SSSR count). The summed E-state index contributed by atoms with van der Waals surface area (Å²) in [6, 6.07) is 11.1. The number of nitrogens with zero attached hydrogens (tertiary/aromatic N) is 2. The topological polar surface area (TPSA) is 70.5 Å². The molecule has 5 nitrogen and oxygen atoms in total. The highest BCUT2D eigenvalue weighted by Gasteiger charge is 2.34. The Morgan fingerprint density at radius 3 is 2.81 bits per heavy atom. The van der Waals surface area contributed by atoms with E-state index in [4.69, 9.17) is 28.3 Å². The molecule has 1 amide bonds. The van der Waals surface area contributed by atoms with Crippen LogP contribution in [0.5, 0.6) is 0 Å². The Morgan fingerprint density at radius 2 is 2.04 bits per heavy atom. The molecule has 2 heterocycles. The molecule has 1 unspecified atom stereocenters. The molecule has 3 aromatic rings. The van der Waals surface area contributed by atoms with Gasteiger partial charge < -0.3 is 10.0 Å². The van der Waals surface area contributed by atoms with E-state index >= 15 is 0 Å². The van der Waals surface area contributed by atoms with Gasteiger partial charge in [0.05, 0.1) is 39.1 Å². The number of halogens is 2. The van der Waals surface area contributed by atoms with Gasteiger partial charge in [-0.1, -0.05) is 41.4 Å². The Balaban J connectivity index is 1.72. The van der Waals surface area contributed by atoms with Crippen molar-refractivity contribution >= 4 is 62.3 Å². The molecule has 1 aliphatic rings. The van der Waals surface area contributed by atoms with Gasteiger partial charge in [-0.25, -0.2) is 4.98 Å². The van der Waals surface area contributed by atoms with E-state index in [1.165, 1.54) is 11.3 Å². The highest BCUT2D eigenvalue weighted by atomic mass is 35.5. The van der Waals surface area contributed by atoms with Gasteiger partial charge in [-0.3, -0.25) is 9.59 Å². The largest absolute Gasteiger partial charge is 0.481 e. The second kappa shape index (κ2) is 7.11. The van der Waals surface area contributed by atoms with E-state index in [-0.39, 0.29) is 18.9 Å². The molecule has 27 heavy (non-hydrogen) atoms. The lowest BCUT2D eigenvalue weighted by atomic mass is 9.89. The number of carboxylic acid groups (broad SMARTS) is 1. The number of rotatable bonds is 4. The third-order valence-electron chi connectivity index (χ3n) is 4.57. The number of benzene rings is 2. The van der Waals surface area contributed by atoms with Crippen LogP contribution in [0.1, 0.15) is 17.0 Å². The minimum atomic E-state index is -0.978. The molecule has 1 aromatic heterocycles. The zero-order valence-electron chi connectivity index (χ0n) is 14.0. The molecular weight excluding hydrogens is 407 g/mol. The van der Waals surface area contributed by atoms with E-state index in [0.717, 1.165) is 21.5 Å². The van der Waals surface area contributed by atoms with E-state index in [2.05, 4.69) is 4.98 Å². The van der Waals surface area contributed by atoms with Crippen LogP contribution in [0, 0.1) is 5.92 Å². The molecule has 0 radical (unpaired) electrons. The minimum Gasteiger partial charge on any atom is -0.481 e. The maximum absolute atomic E-state index is 13.0. The number of amides is 1. The molecule has 1 N–H and O–H groups in total. The Morgan fingerprint density at radius 1 is 1.26 bits per heavy atom. The number of hydrogen-bond donors (Lipinski definition) is 1. The summed E-state index contributed by atoms with van der Waals surface area (Å²) in [5.74, 6) is -1.75. The number of aliphatic carboxylic acids is 1. The van der Waals surface area contributed by atoms with Gasteiger partial charge in [0.25, 0.3) is 0 Å². The van der Waals surface area contributed by atoms with Crippen LogP contribution >= 0.6 is 34.5 Å². The normalized spacial score (nSPS) is 16.6. The van der Waals surface area contributed by atoms with Crippen LogP contribution in [-0.2, 0) is 22.6 Å². The summed E-state index contributed by atoms with van der Waals surface area (Å²) in [5, 5.41) is 10.8. The van der Waals surface area contributed by atoms with Gasteiger partial charge in [0.1, 0.15) is 5.01 Å². The predicted octanol–water partition coefficient (Wildman–Crippen LogP) is 4.78. The molecule has 0 fully saturated rings. The van der Waals surface area contributed by atoms with Gasteiger partial charge in [-0.05, 0) is 30.2 Å². The second-order valence-corrected chi connectivity index (χ2v) is 8.24. The molecular formula is C19H14Cl2N2O3S. The fourth-order valence-corrected chi connectivity index (χ4v) is 4.84.